The van der Waals surface area contributed by atoms with Crippen LogP contribution in [0, 0.1) is 13.8 Å². The number of nitrogens with zero attached hydrogens (tertiary/aromatic N) is 1. The molecule has 3 aromatic rings. The van der Waals surface area contributed by atoms with Gasteiger partial charge in [-0.2, -0.15) is 0 Å². The van der Waals surface area contributed by atoms with E-state index in [0.717, 1.165) is 23.3 Å². The van der Waals surface area contributed by atoms with E-state index in [0.29, 0.717) is 12.2 Å². The van der Waals surface area contributed by atoms with Crippen LogP contribution in [0.1, 0.15) is 17.5 Å². The van der Waals surface area contributed by atoms with Gasteiger partial charge < -0.3 is 5.32 Å². The summed E-state index contributed by atoms with van der Waals surface area (Å²) in [4.78, 5) is 14.0. The Balaban J connectivity index is 1.67. The van der Waals surface area contributed by atoms with Crippen LogP contribution < -0.4 is 9.62 Å². The van der Waals surface area contributed by atoms with Gasteiger partial charge in [-0.25, -0.2) is 8.42 Å². The molecule has 0 spiro atoms. The summed E-state index contributed by atoms with van der Waals surface area (Å²) >= 11 is 1.73. The molecule has 1 N–H and O–H groups in total. The van der Waals surface area contributed by atoms with Gasteiger partial charge in [-0.15, -0.1) is 11.8 Å². The fraction of sp³-hybridized carbons (Fsp3) is 0.240. The quantitative estimate of drug-likeness (QED) is 0.343. The van der Waals surface area contributed by atoms with Crippen molar-refractivity contribution in [2.24, 2.45) is 0 Å². The second kappa shape index (κ2) is 11.2. The fourth-order valence-electron chi connectivity index (χ4n) is 3.11. The van der Waals surface area contributed by atoms with Gasteiger partial charge in [-0.05, 0) is 73.5 Å². The molecule has 3 rings (SSSR count). The first-order valence-electron chi connectivity index (χ1n) is 10.5. The number of aryl methyl sites for hydroxylation is 2. The van der Waals surface area contributed by atoms with E-state index < -0.39 is 10.0 Å². The minimum absolute atomic E-state index is 0.158. The average Bonchev–Trinajstić information content (AvgIpc) is 2.80. The van der Waals surface area contributed by atoms with Gasteiger partial charge >= 0.3 is 0 Å². The molecule has 0 aliphatic rings. The van der Waals surface area contributed by atoms with E-state index in [4.69, 9.17) is 0 Å². The van der Waals surface area contributed by atoms with E-state index in [9.17, 15) is 13.2 Å². The zero-order chi connectivity index (χ0) is 23.0. The smallest absolute Gasteiger partial charge is 0.264 e. The molecular formula is C25H28N2O3S2. The van der Waals surface area contributed by atoms with Crippen LogP contribution in [-0.2, 0) is 14.8 Å². The molecule has 1 amide bonds. The monoisotopic (exact) mass is 468 g/mol. The standard InChI is InChI=1S/C25H28N2O3S2/c1-20-14-15-22(18-21(20)2)27(32(29,30)24-12-7-4-8-13-24)19-25(28)26-16-9-17-31-23-10-5-3-6-11-23/h3-8,10-15,18H,9,16-17,19H2,1-2H3,(H,26,28). The van der Waals surface area contributed by atoms with Crippen LogP contribution in [-0.4, -0.2) is 33.2 Å². The summed E-state index contributed by atoms with van der Waals surface area (Å²) in [6.07, 6.45) is 0.792. The molecule has 32 heavy (non-hydrogen) atoms. The van der Waals surface area contributed by atoms with Crippen molar-refractivity contribution in [3.63, 3.8) is 0 Å². The Kier molecular flexibility index (Phi) is 8.36. The van der Waals surface area contributed by atoms with E-state index in [1.165, 1.54) is 9.20 Å². The summed E-state index contributed by atoms with van der Waals surface area (Å²) in [6.45, 7) is 4.11. The molecule has 0 aromatic heterocycles. The first kappa shape index (κ1) is 23.9. The first-order valence-corrected chi connectivity index (χ1v) is 12.9. The van der Waals surface area contributed by atoms with Gasteiger partial charge in [-0.3, -0.25) is 9.10 Å². The molecule has 0 aliphatic carbocycles. The number of benzene rings is 3. The molecule has 0 radical (unpaired) electrons. The highest BCUT2D eigenvalue weighted by atomic mass is 32.2. The van der Waals surface area contributed by atoms with E-state index in [2.05, 4.69) is 17.4 Å². The van der Waals surface area contributed by atoms with E-state index in [1.807, 2.05) is 38.1 Å². The number of carbonyl (C=O) groups excluding carboxylic acids is 1. The number of carbonyl (C=O) groups is 1. The van der Waals surface area contributed by atoms with Crippen molar-refractivity contribution in [2.45, 2.75) is 30.1 Å². The predicted molar refractivity (Wildman–Crippen MR) is 132 cm³/mol. The van der Waals surface area contributed by atoms with Crippen molar-refractivity contribution < 1.29 is 13.2 Å². The van der Waals surface area contributed by atoms with Crippen LogP contribution in [0.5, 0.6) is 0 Å². The summed E-state index contributed by atoms with van der Waals surface area (Å²) in [5.41, 5.74) is 2.51. The first-order chi connectivity index (χ1) is 15.4. The lowest BCUT2D eigenvalue weighted by Crippen LogP contribution is -2.41. The number of amides is 1. The average molecular weight is 469 g/mol. The number of nitrogens with one attached hydrogen (secondary N) is 1. The molecule has 0 heterocycles. The number of sulfonamides is 1. The Morgan fingerprint density at radius 1 is 0.906 bits per heavy atom. The highest BCUT2D eigenvalue weighted by molar-refractivity contribution is 7.99. The lowest BCUT2D eigenvalue weighted by atomic mass is 10.1. The van der Waals surface area contributed by atoms with Crippen LogP contribution >= 0.6 is 11.8 Å². The van der Waals surface area contributed by atoms with Crippen LogP contribution in [0.25, 0.3) is 0 Å². The predicted octanol–water partition coefficient (Wildman–Crippen LogP) is 4.80. The van der Waals surface area contributed by atoms with Gasteiger partial charge in [0.2, 0.25) is 5.91 Å². The zero-order valence-electron chi connectivity index (χ0n) is 18.3. The Morgan fingerprint density at radius 2 is 1.56 bits per heavy atom. The number of hydrogen-bond donors (Lipinski definition) is 1. The number of hydrogen-bond acceptors (Lipinski definition) is 4. The molecule has 0 fully saturated rings. The molecule has 0 aliphatic heterocycles. The highest BCUT2D eigenvalue weighted by Crippen LogP contribution is 2.25. The zero-order valence-corrected chi connectivity index (χ0v) is 20.0. The summed E-state index contributed by atoms with van der Waals surface area (Å²) < 4.78 is 27.9. The van der Waals surface area contributed by atoms with E-state index >= 15 is 0 Å². The molecule has 0 unspecified atom stereocenters. The SMILES string of the molecule is Cc1ccc(N(CC(=O)NCCCSc2ccccc2)S(=O)(=O)c2ccccc2)cc1C. The van der Waals surface area contributed by atoms with Crippen LogP contribution in [0.2, 0.25) is 0 Å². The summed E-state index contributed by atoms with van der Waals surface area (Å²) in [7, 11) is -3.88. The minimum Gasteiger partial charge on any atom is -0.354 e. The van der Waals surface area contributed by atoms with Crippen molar-refractivity contribution >= 4 is 33.4 Å². The highest BCUT2D eigenvalue weighted by Gasteiger charge is 2.27. The minimum atomic E-state index is -3.88. The van der Waals surface area contributed by atoms with Gasteiger partial charge in [0.15, 0.2) is 0 Å². The maximum Gasteiger partial charge on any atom is 0.264 e. The third kappa shape index (κ3) is 6.37. The third-order valence-corrected chi connectivity index (χ3v) is 7.94. The lowest BCUT2D eigenvalue weighted by molar-refractivity contribution is -0.119. The Morgan fingerprint density at radius 3 is 2.22 bits per heavy atom. The van der Waals surface area contributed by atoms with E-state index in [-0.39, 0.29) is 17.3 Å². The van der Waals surface area contributed by atoms with Crippen molar-refractivity contribution in [1.29, 1.82) is 0 Å². The van der Waals surface area contributed by atoms with Crippen LogP contribution in [0.3, 0.4) is 0 Å². The fourth-order valence-corrected chi connectivity index (χ4v) is 5.42. The molecule has 168 valence electrons. The van der Waals surface area contributed by atoms with Crippen LogP contribution in [0.15, 0.2) is 88.7 Å². The van der Waals surface area contributed by atoms with Gasteiger partial charge in [0.1, 0.15) is 6.54 Å². The summed E-state index contributed by atoms with van der Waals surface area (Å²) in [5, 5.41) is 2.86. The second-order valence-corrected chi connectivity index (χ2v) is 10.5. The number of anilines is 1. The molecule has 7 heteroatoms. The van der Waals surface area contributed by atoms with E-state index in [1.54, 1.807) is 54.2 Å². The molecular weight excluding hydrogens is 440 g/mol. The van der Waals surface area contributed by atoms with Crippen LogP contribution in [0.4, 0.5) is 5.69 Å². The summed E-state index contributed by atoms with van der Waals surface area (Å²) in [6, 6.07) is 23.7. The molecule has 0 saturated heterocycles. The Labute approximate surface area is 194 Å². The van der Waals surface area contributed by atoms with Crippen molar-refractivity contribution in [3.05, 3.63) is 90.0 Å². The van der Waals surface area contributed by atoms with Gasteiger partial charge in [-0.1, -0.05) is 42.5 Å². The molecule has 3 aromatic carbocycles. The van der Waals surface area contributed by atoms with Gasteiger partial charge in [0.25, 0.3) is 10.0 Å². The number of thioether (sulfide) groups is 1. The third-order valence-electron chi connectivity index (χ3n) is 5.05. The normalized spacial score (nSPS) is 11.2. The van der Waals surface area contributed by atoms with Gasteiger partial charge in [0.05, 0.1) is 10.6 Å². The Bertz CT molecular complexity index is 1130. The molecule has 5 nitrogen and oxygen atoms in total. The second-order valence-electron chi connectivity index (χ2n) is 7.46. The largest absolute Gasteiger partial charge is 0.354 e. The summed E-state index contributed by atoms with van der Waals surface area (Å²) in [5.74, 6) is 0.542. The molecule has 0 saturated carbocycles. The topological polar surface area (TPSA) is 66.5 Å². The van der Waals surface area contributed by atoms with Crippen molar-refractivity contribution in [1.82, 2.24) is 5.32 Å². The Hall–Kier alpha value is -2.77. The lowest BCUT2D eigenvalue weighted by Gasteiger charge is -2.25. The number of rotatable bonds is 10. The molecule has 0 bridgehead atoms. The van der Waals surface area contributed by atoms with Crippen molar-refractivity contribution in [3.8, 4) is 0 Å². The molecule has 0 atom stereocenters. The van der Waals surface area contributed by atoms with Crippen molar-refractivity contribution in [2.75, 3.05) is 23.1 Å². The maximum absolute atomic E-state index is 13.3. The maximum atomic E-state index is 13.3. The van der Waals surface area contributed by atoms with Gasteiger partial charge in [0, 0.05) is 11.4 Å².